The molecule has 136 valence electrons. The van der Waals surface area contributed by atoms with E-state index in [9.17, 15) is 9.59 Å². The Kier molecular flexibility index (Phi) is 5.56. The molecule has 0 unspecified atom stereocenters. The Hall–Kier alpha value is -2.82. The predicted octanol–water partition coefficient (Wildman–Crippen LogP) is 3.27. The zero-order valence-corrected chi connectivity index (χ0v) is 15.2. The van der Waals surface area contributed by atoms with E-state index < -0.39 is 12.1 Å². The van der Waals surface area contributed by atoms with Crippen LogP contribution in [0, 0.1) is 0 Å². The summed E-state index contributed by atoms with van der Waals surface area (Å²) in [6.45, 7) is 1.44. The van der Waals surface area contributed by atoms with Gasteiger partial charge in [-0.2, -0.15) is 0 Å². The molecule has 1 amide bonds. The topological polar surface area (TPSA) is 49.9 Å². The van der Waals surface area contributed by atoms with Gasteiger partial charge in [-0.05, 0) is 37.1 Å². The van der Waals surface area contributed by atoms with Crippen LogP contribution in [-0.4, -0.2) is 44.0 Å². The van der Waals surface area contributed by atoms with Crippen LogP contribution in [0.25, 0.3) is 0 Å². The van der Waals surface area contributed by atoms with Gasteiger partial charge in [-0.15, -0.1) is 0 Å². The molecule has 1 fully saturated rings. The average molecular weight is 352 g/mol. The van der Waals surface area contributed by atoms with E-state index in [-0.39, 0.29) is 5.91 Å². The number of hydrogen-bond donors (Lipinski definition) is 0. The van der Waals surface area contributed by atoms with Gasteiger partial charge in [0.05, 0.1) is 5.56 Å². The van der Waals surface area contributed by atoms with Crippen molar-refractivity contribution in [2.45, 2.75) is 18.9 Å². The molecule has 0 saturated carbocycles. The highest BCUT2D eigenvalue weighted by Gasteiger charge is 2.31. The van der Waals surface area contributed by atoms with Crippen LogP contribution < -0.4 is 4.90 Å². The third-order valence-corrected chi connectivity index (χ3v) is 4.59. The molecule has 0 radical (unpaired) electrons. The minimum absolute atomic E-state index is 0.146. The largest absolute Gasteiger partial charge is 0.444 e. The molecule has 0 aromatic heterocycles. The smallest absolute Gasteiger partial charge is 0.339 e. The monoisotopic (exact) mass is 352 g/mol. The van der Waals surface area contributed by atoms with Gasteiger partial charge in [0.15, 0.2) is 0 Å². The minimum Gasteiger partial charge on any atom is -0.444 e. The number of amides is 1. The van der Waals surface area contributed by atoms with E-state index in [0.29, 0.717) is 11.1 Å². The maximum absolute atomic E-state index is 12.9. The molecule has 0 N–H and O–H groups in total. The Labute approximate surface area is 154 Å². The number of nitrogens with zero attached hydrogens (tertiary/aromatic N) is 2. The van der Waals surface area contributed by atoms with Crippen molar-refractivity contribution in [2.24, 2.45) is 0 Å². The van der Waals surface area contributed by atoms with Crippen molar-refractivity contribution < 1.29 is 14.3 Å². The lowest BCUT2D eigenvalue weighted by atomic mass is 10.1. The van der Waals surface area contributed by atoms with Crippen LogP contribution in [-0.2, 0) is 9.53 Å². The van der Waals surface area contributed by atoms with Gasteiger partial charge in [0.1, 0.15) is 0 Å². The third kappa shape index (κ3) is 4.04. The van der Waals surface area contributed by atoms with E-state index in [0.717, 1.165) is 31.6 Å². The van der Waals surface area contributed by atoms with Gasteiger partial charge in [0, 0.05) is 38.4 Å². The van der Waals surface area contributed by atoms with Crippen molar-refractivity contribution in [1.29, 1.82) is 0 Å². The van der Waals surface area contributed by atoms with E-state index in [1.807, 2.05) is 61.5 Å². The van der Waals surface area contributed by atoms with Gasteiger partial charge < -0.3 is 14.5 Å². The fourth-order valence-corrected chi connectivity index (χ4v) is 3.06. The van der Waals surface area contributed by atoms with Crippen LogP contribution >= 0.6 is 0 Å². The van der Waals surface area contributed by atoms with Crippen molar-refractivity contribution in [3.63, 3.8) is 0 Å². The number of hydrogen-bond acceptors (Lipinski definition) is 4. The number of ether oxygens (including phenoxy) is 1. The summed E-state index contributed by atoms with van der Waals surface area (Å²) < 4.78 is 5.65. The van der Waals surface area contributed by atoms with Crippen LogP contribution in [0.2, 0.25) is 0 Å². The molecule has 0 aliphatic carbocycles. The lowest BCUT2D eigenvalue weighted by Gasteiger charge is -2.23. The summed E-state index contributed by atoms with van der Waals surface area (Å²) in [7, 11) is 3.88. The molecular weight excluding hydrogens is 328 g/mol. The fraction of sp³-hybridized carbons (Fsp3) is 0.333. The van der Waals surface area contributed by atoms with Gasteiger partial charge in [0.2, 0.25) is 6.10 Å². The summed E-state index contributed by atoms with van der Waals surface area (Å²) in [5.74, 6) is -0.635. The highest BCUT2D eigenvalue weighted by Crippen LogP contribution is 2.24. The molecule has 0 bridgehead atoms. The molecule has 26 heavy (non-hydrogen) atoms. The summed E-state index contributed by atoms with van der Waals surface area (Å²) in [6.07, 6.45) is 1.08. The predicted molar refractivity (Wildman–Crippen MR) is 101 cm³/mol. The van der Waals surface area contributed by atoms with Crippen LogP contribution in [0.5, 0.6) is 0 Å². The number of likely N-dealkylation sites (tertiary alicyclic amines) is 1. The second kappa shape index (κ2) is 8.04. The van der Waals surface area contributed by atoms with Crippen LogP contribution in [0.4, 0.5) is 5.69 Å². The number of carbonyl (C=O) groups excluding carboxylic acids is 2. The summed E-state index contributed by atoms with van der Waals surface area (Å²) in [5, 5.41) is 0. The zero-order chi connectivity index (χ0) is 18.5. The summed E-state index contributed by atoms with van der Waals surface area (Å²) in [4.78, 5) is 29.3. The van der Waals surface area contributed by atoms with Gasteiger partial charge in [-0.25, -0.2) is 4.79 Å². The molecule has 1 aliphatic rings. The number of benzene rings is 2. The van der Waals surface area contributed by atoms with E-state index >= 15 is 0 Å². The van der Waals surface area contributed by atoms with Crippen molar-refractivity contribution in [3.05, 3.63) is 65.7 Å². The Bertz CT molecular complexity index is 751. The van der Waals surface area contributed by atoms with Gasteiger partial charge >= 0.3 is 5.97 Å². The third-order valence-electron chi connectivity index (χ3n) is 4.59. The maximum atomic E-state index is 12.9. The maximum Gasteiger partial charge on any atom is 0.339 e. The van der Waals surface area contributed by atoms with Crippen LogP contribution in [0.15, 0.2) is 54.6 Å². The molecular formula is C21H24N2O3. The standard InChI is InChI=1S/C21H24N2O3/c1-22(2)18-12-10-17(11-13-18)21(25)26-19(16-8-4-3-5-9-16)20(24)23-14-6-7-15-23/h3-5,8-13,19H,6-7,14-15H2,1-2H3/t19-/m1/s1. The van der Waals surface area contributed by atoms with Crippen molar-refractivity contribution in [1.82, 2.24) is 4.90 Å². The molecule has 1 atom stereocenters. The van der Waals surface area contributed by atoms with E-state index in [2.05, 4.69) is 0 Å². The first kappa shape index (κ1) is 18.0. The first-order chi connectivity index (χ1) is 12.6. The zero-order valence-electron chi connectivity index (χ0n) is 15.2. The van der Waals surface area contributed by atoms with Crippen molar-refractivity contribution in [3.8, 4) is 0 Å². The van der Waals surface area contributed by atoms with Gasteiger partial charge in [-0.1, -0.05) is 30.3 Å². The van der Waals surface area contributed by atoms with E-state index in [4.69, 9.17) is 4.74 Å². The van der Waals surface area contributed by atoms with Gasteiger partial charge in [-0.3, -0.25) is 4.79 Å². The first-order valence-electron chi connectivity index (χ1n) is 8.88. The number of carbonyl (C=O) groups is 2. The molecule has 1 heterocycles. The Morgan fingerprint density at radius 2 is 1.58 bits per heavy atom. The van der Waals surface area contributed by atoms with Crippen molar-refractivity contribution in [2.75, 3.05) is 32.1 Å². The van der Waals surface area contributed by atoms with E-state index in [1.54, 1.807) is 17.0 Å². The summed E-state index contributed by atoms with van der Waals surface area (Å²) in [6, 6.07) is 16.4. The first-order valence-corrected chi connectivity index (χ1v) is 8.88. The van der Waals surface area contributed by atoms with Crippen molar-refractivity contribution >= 4 is 17.6 Å². The molecule has 1 saturated heterocycles. The lowest BCUT2D eigenvalue weighted by molar-refractivity contribution is -0.140. The van der Waals surface area contributed by atoms with Crippen LogP contribution in [0.3, 0.4) is 0 Å². The Morgan fingerprint density at radius 3 is 2.15 bits per heavy atom. The number of rotatable bonds is 5. The summed E-state index contributed by atoms with van der Waals surface area (Å²) in [5.41, 5.74) is 2.13. The minimum atomic E-state index is -0.907. The molecule has 0 spiro atoms. The SMILES string of the molecule is CN(C)c1ccc(C(=O)O[C@@H](C(=O)N2CCCC2)c2ccccc2)cc1. The molecule has 5 heteroatoms. The Morgan fingerprint density at radius 1 is 0.962 bits per heavy atom. The second-order valence-corrected chi connectivity index (χ2v) is 6.67. The normalized spacial score (nSPS) is 14.8. The van der Waals surface area contributed by atoms with Crippen LogP contribution in [0.1, 0.15) is 34.9 Å². The summed E-state index contributed by atoms with van der Waals surface area (Å²) >= 11 is 0. The van der Waals surface area contributed by atoms with E-state index in [1.165, 1.54) is 0 Å². The number of esters is 1. The molecule has 5 nitrogen and oxygen atoms in total. The lowest BCUT2D eigenvalue weighted by Crippen LogP contribution is -2.34. The molecule has 3 rings (SSSR count). The number of anilines is 1. The van der Waals surface area contributed by atoms with Gasteiger partial charge in [0.25, 0.3) is 5.91 Å². The molecule has 1 aliphatic heterocycles. The highest BCUT2D eigenvalue weighted by molar-refractivity contribution is 5.93. The molecule has 2 aromatic carbocycles. The highest BCUT2D eigenvalue weighted by atomic mass is 16.5. The molecule has 2 aromatic rings. The average Bonchev–Trinajstić information content (AvgIpc) is 3.21. The Balaban J connectivity index is 1.80. The second-order valence-electron chi connectivity index (χ2n) is 6.67. The fourth-order valence-electron chi connectivity index (χ4n) is 3.06. The quantitative estimate of drug-likeness (QED) is 0.775.